The van der Waals surface area contributed by atoms with E-state index in [0.29, 0.717) is 0 Å². The standard InChI is InChI=1S/C7H8N2/c1-6-4-2-3-5-7(6)9-8/h2-4H,5H2,1H3. The summed E-state index contributed by atoms with van der Waals surface area (Å²) in [5, 5.41) is 0. The molecule has 2 nitrogen and oxygen atoms in total. The molecule has 0 unspecified atom stereocenters. The molecule has 9 heavy (non-hydrogen) atoms. The Morgan fingerprint density at radius 1 is 1.67 bits per heavy atom. The van der Waals surface area contributed by atoms with E-state index in [2.05, 4.69) is 4.79 Å². The van der Waals surface area contributed by atoms with E-state index in [0.717, 1.165) is 17.7 Å². The molecule has 0 N–H and O–H groups in total. The van der Waals surface area contributed by atoms with E-state index in [-0.39, 0.29) is 0 Å². The van der Waals surface area contributed by atoms with Gasteiger partial charge in [0.1, 0.15) is 0 Å². The molecule has 2 heteroatoms. The Hall–Kier alpha value is -1.14. The average molecular weight is 120 g/mol. The van der Waals surface area contributed by atoms with Gasteiger partial charge in [0, 0.05) is 5.57 Å². The van der Waals surface area contributed by atoms with Crippen LogP contribution in [-0.2, 0) is 0 Å². The lowest BCUT2D eigenvalue weighted by molar-refractivity contribution is -0.00643. The third-order valence-electron chi connectivity index (χ3n) is 1.37. The van der Waals surface area contributed by atoms with Crippen LogP contribution in [0.1, 0.15) is 13.3 Å². The fourth-order valence-corrected chi connectivity index (χ4v) is 0.769. The number of allylic oxidation sites excluding steroid dienone is 4. The quantitative estimate of drug-likeness (QED) is 0.343. The van der Waals surface area contributed by atoms with Crippen LogP contribution >= 0.6 is 0 Å². The number of nitrogens with zero attached hydrogens (tertiary/aromatic N) is 2. The van der Waals surface area contributed by atoms with E-state index in [9.17, 15) is 0 Å². The predicted molar refractivity (Wildman–Crippen MR) is 36.1 cm³/mol. The van der Waals surface area contributed by atoms with Crippen LogP contribution in [-0.4, -0.2) is 10.5 Å². The van der Waals surface area contributed by atoms with Gasteiger partial charge in [-0.25, -0.2) is 0 Å². The van der Waals surface area contributed by atoms with Crippen LogP contribution in [0.25, 0.3) is 5.53 Å². The summed E-state index contributed by atoms with van der Waals surface area (Å²) in [5.41, 5.74) is 10.2. The van der Waals surface area contributed by atoms with Crippen molar-refractivity contribution in [1.29, 1.82) is 0 Å². The average Bonchev–Trinajstić information content (AvgIpc) is 1.89. The van der Waals surface area contributed by atoms with E-state index in [1.807, 2.05) is 25.2 Å². The minimum Gasteiger partial charge on any atom is -0.361 e. The summed E-state index contributed by atoms with van der Waals surface area (Å²) >= 11 is 0. The van der Waals surface area contributed by atoms with Crippen molar-refractivity contribution in [2.45, 2.75) is 13.3 Å². The zero-order valence-corrected chi connectivity index (χ0v) is 5.33. The molecule has 0 saturated heterocycles. The molecular formula is C7H8N2. The minimum absolute atomic E-state index is 0.749. The van der Waals surface area contributed by atoms with Crippen molar-refractivity contribution >= 4 is 5.71 Å². The third-order valence-corrected chi connectivity index (χ3v) is 1.37. The molecule has 0 atom stereocenters. The van der Waals surface area contributed by atoms with Gasteiger partial charge in [-0.15, -0.1) is 0 Å². The van der Waals surface area contributed by atoms with Gasteiger partial charge in [0.05, 0.1) is 6.42 Å². The monoisotopic (exact) mass is 120 g/mol. The maximum absolute atomic E-state index is 8.37. The lowest BCUT2D eigenvalue weighted by Gasteiger charge is -1.94. The predicted octanol–water partition coefficient (Wildman–Crippen LogP) is 1.56. The Kier molecular flexibility index (Phi) is 1.61. The van der Waals surface area contributed by atoms with Crippen molar-refractivity contribution in [2.75, 3.05) is 0 Å². The van der Waals surface area contributed by atoms with Crippen molar-refractivity contribution < 1.29 is 4.79 Å². The van der Waals surface area contributed by atoms with Crippen molar-refractivity contribution in [1.82, 2.24) is 0 Å². The van der Waals surface area contributed by atoms with Crippen LogP contribution < -0.4 is 0 Å². The molecule has 0 fully saturated rings. The summed E-state index contributed by atoms with van der Waals surface area (Å²) in [6, 6.07) is 0. The molecule has 0 bridgehead atoms. The molecule has 0 aliphatic heterocycles. The second-order valence-corrected chi connectivity index (χ2v) is 2.03. The molecule has 0 saturated carbocycles. The number of hydrogen-bond acceptors (Lipinski definition) is 0. The van der Waals surface area contributed by atoms with Gasteiger partial charge in [-0.05, 0) is 6.92 Å². The highest BCUT2D eigenvalue weighted by Crippen LogP contribution is 2.05. The lowest BCUT2D eigenvalue weighted by Crippen LogP contribution is -2.01. The van der Waals surface area contributed by atoms with Crippen LogP contribution in [0.3, 0.4) is 0 Å². The first kappa shape index (κ1) is 5.99. The Bertz CT molecular complexity index is 217. The zero-order chi connectivity index (χ0) is 6.69. The highest BCUT2D eigenvalue weighted by Gasteiger charge is 2.09. The highest BCUT2D eigenvalue weighted by atomic mass is 14.9. The van der Waals surface area contributed by atoms with Gasteiger partial charge >= 0.3 is 0 Å². The van der Waals surface area contributed by atoms with Gasteiger partial charge in [-0.2, -0.15) is 4.79 Å². The normalized spacial score (nSPS) is 17.0. The van der Waals surface area contributed by atoms with Gasteiger partial charge < -0.3 is 5.53 Å². The van der Waals surface area contributed by atoms with Crippen molar-refractivity contribution in [3.8, 4) is 0 Å². The second kappa shape index (κ2) is 2.42. The van der Waals surface area contributed by atoms with E-state index in [1.165, 1.54) is 0 Å². The van der Waals surface area contributed by atoms with Gasteiger partial charge in [0.15, 0.2) is 0 Å². The van der Waals surface area contributed by atoms with E-state index in [1.54, 1.807) is 0 Å². The van der Waals surface area contributed by atoms with Crippen LogP contribution in [0.15, 0.2) is 23.8 Å². The fraction of sp³-hybridized carbons (Fsp3) is 0.286. The Morgan fingerprint density at radius 3 is 2.89 bits per heavy atom. The minimum atomic E-state index is 0.749. The SMILES string of the molecule is CC1=CC=CCC1=[N+]=[N-]. The molecule has 0 aromatic rings. The van der Waals surface area contributed by atoms with Crippen molar-refractivity contribution in [3.05, 3.63) is 29.3 Å². The molecule has 1 aliphatic carbocycles. The van der Waals surface area contributed by atoms with Gasteiger partial charge in [0.25, 0.3) is 5.71 Å². The van der Waals surface area contributed by atoms with E-state index >= 15 is 0 Å². The summed E-state index contributed by atoms with van der Waals surface area (Å²) in [6.45, 7) is 1.93. The molecule has 1 aliphatic rings. The largest absolute Gasteiger partial charge is 0.361 e. The summed E-state index contributed by atoms with van der Waals surface area (Å²) in [7, 11) is 0. The second-order valence-electron chi connectivity index (χ2n) is 2.03. The molecule has 0 amide bonds. The molecule has 0 heterocycles. The van der Waals surface area contributed by atoms with Crippen LogP contribution in [0, 0.1) is 0 Å². The number of rotatable bonds is 0. The van der Waals surface area contributed by atoms with E-state index < -0.39 is 0 Å². The first-order chi connectivity index (χ1) is 4.34. The third kappa shape index (κ3) is 1.15. The molecule has 46 valence electrons. The van der Waals surface area contributed by atoms with Crippen LogP contribution in [0.4, 0.5) is 0 Å². The molecule has 0 aromatic carbocycles. The summed E-state index contributed by atoms with van der Waals surface area (Å²) in [6.07, 6.45) is 6.60. The molecule has 0 radical (unpaired) electrons. The maximum atomic E-state index is 8.37. The highest BCUT2D eigenvalue weighted by molar-refractivity contribution is 5.97. The zero-order valence-electron chi connectivity index (χ0n) is 5.33. The Labute approximate surface area is 54.1 Å². The molecule has 0 aromatic heterocycles. The maximum Gasteiger partial charge on any atom is 0.298 e. The lowest BCUT2D eigenvalue weighted by atomic mass is 10.1. The first-order valence-corrected chi connectivity index (χ1v) is 2.89. The summed E-state index contributed by atoms with van der Waals surface area (Å²) in [5.74, 6) is 0. The fourth-order valence-electron chi connectivity index (χ4n) is 0.769. The molecule has 1 rings (SSSR count). The van der Waals surface area contributed by atoms with E-state index in [4.69, 9.17) is 5.53 Å². The van der Waals surface area contributed by atoms with Gasteiger partial charge in [-0.3, -0.25) is 0 Å². The summed E-state index contributed by atoms with van der Waals surface area (Å²) in [4.78, 5) is 3.13. The van der Waals surface area contributed by atoms with Crippen molar-refractivity contribution in [3.63, 3.8) is 0 Å². The topological polar surface area (TPSA) is 36.4 Å². The van der Waals surface area contributed by atoms with Crippen LogP contribution in [0.2, 0.25) is 0 Å². The number of hydrogen-bond donors (Lipinski definition) is 0. The first-order valence-electron chi connectivity index (χ1n) is 2.89. The van der Waals surface area contributed by atoms with Gasteiger partial charge in [-0.1, -0.05) is 18.2 Å². The Morgan fingerprint density at radius 2 is 2.44 bits per heavy atom. The Balaban J connectivity index is 2.96. The molecule has 0 spiro atoms. The van der Waals surface area contributed by atoms with Gasteiger partial charge in [0.2, 0.25) is 0 Å². The van der Waals surface area contributed by atoms with Crippen molar-refractivity contribution in [2.24, 2.45) is 0 Å². The molecular weight excluding hydrogens is 112 g/mol. The van der Waals surface area contributed by atoms with Crippen LogP contribution in [0.5, 0.6) is 0 Å². The smallest absolute Gasteiger partial charge is 0.298 e. The summed E-state index contributed by atoms with van der Waals surface area (Å²) < 4.78 is 0.